The SMILES string of the molecule is CNCCC(C)(O)CC1CCC(C)(C)O1. The van der Waals surface area contributed by atoms with Crippen molar-refractivity contribution in [3.05, 3.63) is 0 Å². The van der Waals surface area contributed by atoms with Gasteiger partial charge >= 0.3 is 0 Å². The van der Waals surface area contributed by atoms with Gasteiger partial charge in [-0.05, 0) is 53.6 Å². The smallest absolute Gasteiger partial charge is 0.0656 e. The average Bonchev–Trinajstić information content (AvgIpc) is 2.41. The maximum absolute atomic E-state index is 10.2. The Morgan fingerprint density at radius 1 is 1.53 bits per heavy atom. The highest BCUT2D eigenvalue weighted by molar-refractivity contribution is 4.86. The molecule has 3 heteroatoms. The van der Waals surface area contributed by atoms with Crippen LogP contribution in [0.1, 0.15) is 46.5 Å². The molecule has 1 aliphatic heterocycles. The molecule has 90 valence electrons. The number of nitrogens with one attached hydrogen (secondary N) is 1. The Hall–Kier alpha value is -0.120. The largest absolute Gasteiger partial charge is 0.390 e. The number of hydrogen-bond acceptors (Lipinski definition) is 3. The molecule has 0 aliphatic carbocycles. The van der Waals surface area contributed by atoms with Gasteiger partial charge in [0, 0.05) is 6.42 Å². The minimum Gasteiger partial charge on any atom is -0.390 e. The van der Waals surface area contributed by atoms with E-state index < -0.39 is 5.60 Å². The minimum atomic E-state index is -0.603. The van der Waals surface area contributed by atoms with Crippen LogP contribution in [-0.2, 0) is 4.74 Å². The third-order valence-electron chi connectivity index (χ3n) is 3.14. The average molecular weight is 215 g/mol. The van der Waals surface area contributed by atoms with E-state index in [9.17, 15) is 5.11 Å². The molecule has 0 saturated carbocycles. The highest BCUT2D eigenvalue weighted by atomic mass is 16.5. The van der Waals surface area contributed by atoms with Crippen LogP contribution in [0.25, 0.3) is 0 Å². The van der Waals surface area contributed by atoms with Crippen molar-refractivity contribution in [3.8, 4) is 0 Å². The van der Waals surface area contributed by atoms with Crippen molar-refractivity contribution >= 4 is 0 Å². The van der Waals surface area contributed by atoms with E-state index >= 15 is 0 Å². The first kappa shape index (κ1) is 12.9. The maximum atomic E-state index is 10.2. The molecule has 0 amide bonds. The van der Waals surface area contributed by atoms with Gasteiger partial charge < -0.3 is 15.2 Å². The highest BCUT2D eigenvalue weighted by Gasteiger charge is 2.35. The minimum absolute atomic E-state index is 0.00372. The van der Waals surface area contributed by atoms with Crippen LogP contribution in [0.5, 0.6) is 0 Å². The molecule has 1 saturated heterocycles. The summed E-state index contributed by atoms with van der Waals surface area (Å²) in [6.07, 6.45) is 3.93. The van der Waals surface area contributed by atoms with Crippen LogP contribution in [0.15, 0.2) is 0 Å². The lowest BCUT2D eigenvalue weighted by molar-refractivity contribution is -0.0602. The van der Waals surface area contributed by atoms with Gasteiger partial charge in [0.1, 0.15) is 0 Å². The molecule has 1 rings (SSSR count). The first-order chi connectivity index (χ1) is 6.85. The number of aliphatic hydroxyl groups is 1. The molecule has 1 aliphatic rings. The summed E-state index contributed by atoms with van der Waals surface area (Å²) in [5.41, 5.74) is -0.599. The van der Waals surface area contributed by atoms with E-state index in [1.807, 2.05) is 14.0 Å². The number of ether oxygens (including phenoxy) is 1. The third kappa shape index (κ3) is 4.49. The number of hydrogen-bond donors (Lipinski definition) is 2. The zero-order chi connectivity index (χ0) is 11.5. The summed E-state index contributed by atoms with van der Waals surface area (Å²) in [6.45, 7) is 6.99. The Labute approximate surface area is 93.2 Å². The zero-order valence-corrected chi connectivity index (χ0v) is 10.5. The van der Waals surface area contributed by atoms with Crippen LogP contribution in [0.2, 0.25) is 0 Å². The van der Waals surface area contributed by atoms with Gasteiger partial charge in [0.2, 0.25) is 0 Å². The van der Waals surface area contributed by atoms with Crippen molar-refractivity contribution in [2.24, 2.45) is 0 Å². The number of rotatable bonds is 5. The Balaban J connectivity index is 2.35. The Morgan fingerprint density at radius 3 is 2.67 bits per heavy atom. The molecule has 2 atom stereocenters. The molecule has 2 N–H and O–H groups in total. The van der Waals surface area contributed by atoms with Gasteiger partial charge in [0.25, 0.3) is 0 Å². The van der Waals surface area contributed by atoms with Crippen molar-refractivity contribution in [2.75, 3.05) is 13.6 Å². The van der Waals surface area contributed by atoms with Crippen LogP contribution in [-0.4, -0.2) is 36.0 Å². The summed E-state index contributed by atoms with van der Waals surface area (Å²) in [6, 6.07) is 0. The summed E-state index contributed by atoms with van der Waals surface area (Å²) in [7, 11) is 1.91. The second kappa shape index (κ2) is 4.81. The maximum Gasteiger partial charge on any atom is 0.0656 e. The van der Waals surface area contributed by atoms with Crippen molar-refractivity contribution in [2.45, 2.75) is 63.8 Å². The van der Waals surface area contributed by atoms with Gasteiger partial charge in [-0.15, -0.1) is 0 Å². The van der Waals surface area contributed by atoms with Gasteiger partial charge in [-0.1, -0.05) is 0 Å². The van der Waals surface area contributed by atoms with Crippen LogP contribution >= 0.6 is 0 Å². The molecule has 0 bridgehead atoms. The molecule has 3 nitrogen and oxygen atoms in total. The fraction of sp³-hybridized carbons (Fsp3) is 1.00. The summed E-state index contributed by atoms with van der Waals surface area (Å²) in [5.74, 6) is 0. The van der Waals surface area contributed by atoms with Crippen LogP contribution in [0, 0.1) is 0 Å². The monoisotopic (exact) mass is 215 g/mol. The van der Waals surface area contributed by atoms with E-state index in [-0.39, 0.29) is 11.7 Å². The second-order valence-corrected chi connectivity index (χ2v) is 5.59. The van der Waals surface area contributed by atoms with E-state index in [0.717, 1.165) is 32.2 Å². The van der Waals surface area contributed by atoms with E-state index in [4.69, 9.17) is 4.74 Å². The summed E-state index contributed by atoms with van der Waals surface area (Å²) in [4.78, 5) is 0. The summed E-state index contributed by atoms with van der Waals surface area (Å²) < 4.78 is 5.88. The predicted molar refractivity (Wildman–Crippen MR) is 62.0 cm³/mol. The Bertz CT molecular complexity index is 202. The first-order valence-corrected chi connectivity index (χ1v) is 5.89. The molecule has 2 unspecified atom stereocenters. The zero-order valence-electron chi connectivity index (χ0n) is 10.5. The first-order valence-electron chi connectivity index (χ1n) is 5.89. The fourth-order valence-corrected chi connectivity index (χ4v) is 2.21. The topological polar surface area (TPSA) is 41.5 Å². The summed E-state index contributed by atoms with van der Waals surface area (Å²) >= 11 is 0. The molecule has 0 aromatic carbocycles. The lowest BCUT2D eigenvalue weighted by Crippen LogP contribution is -2.34. The summed E-state index contributed by atoms with van der Waals surface area (Å²) in [5, 5.41) is 13.2. The van der Waals surface area contributed by atoms with Gasteiger partial charge in [-0.2, -0.15) is 0 Å². The molecule has 0 aromatic heterocycles. The molecule has 0 spiro atoms. The van der Waals surface area contributed by atoms with Crippen LogP contribution in [0.4, 0.5) is 0 Å². The van der Waals surface area contributed by atoms with E-state index in [2.05, 4.69) is 19.2 Å². The van der Waals surface area contributed by atoms with Gasteiger partial charge in [0.15, 0.2) is 0 Å². The normalized spacial score (nSPS) is 29.0. The quantitative estimate of drug-likeness (QED) is 0.733. The van der Waals surface area contributed by atoms with E-state index in [1.54, 1.807) is 0 Å². The van der Waals surface area contributed by atoms with Crippen LogP contribution in [0.3, 0.4) is 0 Å². The molecule has 0 radical (unpaired) electrons. The lowest BCUT2D eigenvalue weighted by Gasteiger charge is -2.27. The standard InChI is InChI=1S/C12H25NO2/c1-11(2)6-5-10(15-11)9-12(3,14)7-8-13-4/h10,13-14H,5-9H2,1-4H3. The lowest BCUT2D eigenvalue weighted by atomic mass is 9.93. The van der Waals surface area contributed by atoms with Crippen molar-refractivity contribution < 1.29 is 9.84 Å². The Kier molecular flexibility index (Phi) is 4.15. The van der Waals surface area contributed by atoms with Gasteiger partial charge in [-0.3, -0.25) is 0 Å². The predicted octanol–water partition coefficient (Wildman–Crippen LogP) is 1.69. The fourth-order valence-electron chi connectivity index (χ4n) is 2.21. The van der Waals surface area contributed by atoms with Gasteiger partial charge in [-0.25, -0.2) is 0 Å². The highest BCUT2D eigenvalue weighted by Crippen LogP contribution is 2.33. The van der Waals surface area contributed by atoms with Crippen LogP contribution < -0.4 is 5.32 Å². The van der Waals surface area contributed by atoms with E-state index in [1.165, 1.54) is 0 Å². The molecule has 1 fully saturated rings. The third-order valence-corrected chi connectivity index (χ3v) is 3.14. The van der Waals surface area contributed by atoms with Gasteiger partial charge in [0.05, 0.1) is 17.3 Å². The Morgan fingerprint density at radius 2 is 2.20 bits per heavy atom. The molecular formula is C12H25NO2. The molecule has 0 aromatic rings. The second-order valence-electron chi connectivity index (χ2n) is 5.59. The molecule has 15 heavy (non-hydrogen) atoms. The van der Waals surface area contributed by atoms with Crippen molar-refractivity contribution in [1.29, 1.82) is 0 Å². The molecule has 1 heterocycles. The van der Waals surface area contributed by atoms with Crippen molar-refractivity contribution in [3.63, 3.8) is 0 Å². The van der Waals surface area contributed by atoms with E-state index in [0.29, 0.717) is 0 Å². The van der Waals surface area contributed by atoms with Crippen molar-refractivity contribution in [1.82, 2.24) is 5.32 Å². The molecular weight excluding hydrogens is 190 g/mol.